The van der Waals surface area contributed by atoms with Crippen LogP contribution in [0.25, 0.3) is 5.57 Å². The minimum absolute atomic E-state index is 0.197. The first-order valence-corrected chi connectivity index (χ1v) is 11.2. The zero-order valence-electron chi connectivity index (χ0n) is 19.5. The largest absolute Gasteiger partial charge is 0.497 e. The van der Waals surface area contributed by atoms with E-state index in [0.717, 1.165) is 24.4 Å². The average molecular weight is 434 g/mol. The van der Waals surface area contributed by atoms with Crippen molar-refractivity contribution in [2.24, 2.45) is 0 Å². The number of imide groups is 1. The third-order valence-electron chi connectivity index (χ3n) is 6.50. The molecule has 0 bridgehead atoms. The number of piperazine rings is 1. The summed E-state index contributed by atoms with van der Waals surface area (Å²) < 4.78 is 5.26. The number of benzene rings is 2. The van der Waals surface area contributed by atoms with Crippen LogP contribution in [0, 0.1) is 13.8 Å². The number of ether oxygens (including phenoxy) is 1. The van der Waals surface area contributed by atoms with Crippen molar-refractivity contribution in [1.29, 1.82) is 0 Å². The maximum absolute atomic E-state index is 13.4. The van der Waals surface area contributed by atoms with Gasteiger partial charge in [-0.1, -0.05) is 24.3 Å². The van der Waals surface area contributed by atoms with E-state index in [0.29, 0.717) is 24.4 Å². The van der Waals surface area contributed by atoms with Gasteiger partial charge in [0.2, 0.25) is 0 Å². The Morgan fingerprint density at radius 2 is 1.47 bits per heavy atom. The van der Waals surface area contributed by atoms with Gasteiger partial charge in [0.15, 0.2) is 0 Å². The highest BCUT2D eigenvalue weighted by molar-refractivity contribution is 6.35. The van der Waals surface area contributed by atoms with Gasteiger partial charge in [0.1, 0.15) is 11.4 Å². The third kappa shape index (κ3) is 3.74. The normalized spacial score (nSPS) is 17.1. The highest BCUT2D eigenvalue weighted by Gasteiger charge is 2.43. The zero-order chi connectivity index (χ0) is 23.0. The molecule has 2 aromatic rings. The number of methoxy groups -OCH3 is 1. The Morgan fingerprint density at radius 1 is 0.844 bits per heavy atom. The lowest BCUT2D eigenvalue weighted by Crippen LogP contribution is -2.48. The smallest absolute Gasteiger partial charge is 0.278 e. The van der Waals surface area contributed by atoms with Crippen LogP contribution < -0.4 is 9.64 Å². The molecule has 6 nitrogen and oxygen atoms in total. The summed E-state index contributed by atoms with van der Waals surface area (Å²) in [6, 6.07) is 13.5. The van der Waals surface area contributed by atoms with E-state index in [1.54, 1.807) is 7.11 Å². The first kappa shape index (κ1) is 21.9. The summed E-state index contributed by atoms with van der Waals surface area (Å²) in [7, 11) is 1.61. The predicted octanol–water partition coefficient (Wildman–Crippen LogP) is 3.62. The lowest BCUT2D eigenvalue weighted by atomic mass is 10.0. The summed E-state index contributed by atoms with van der Waals surface area (Å²) in [4.78, 5) is 32.5. The molecule has 2 aliphatic rings. The van der Waals surface area contributed by atoms with Gasteiger partial charge in [0.25, 0.3) is 11.8 Å². The van der Waals surface area contributed by atoms with Gasteiger partial charge in [-0.15, -0.1) is 0 Å². The van der Waals surface area contributed by atoms with E-state index in [4.69, 9.17) is 4.74 Å². The van der Waals surface area contributed by atoms with Crippen molar-refractivity contribution in [3.8, 4) is 5.75 Å². The molecule has 0 N–H and O–H groups in total. The second-order valence-corrected chi connectivity index (χ2v) is 8.72. The number of aryl methyl sites for hydroxylation is 1. The van der Waals surface area contributed by atoms with Crippen molar-refractivity contribution in [3.63, 3.8) is 0 Å². The molecule has 0 atom stereocenters. The fourth-order valence-electron chi connectivity index (χ4n) is 4.56. The molecule has 2 heterocycles. The van der Waals surface area contributed by atoms with Crippen LogP contribution in [0.2, 0.25) is 0 Å². The molecule has 1 saturated heterocycles. The molecule has 0 saturated carbocycles. The summed E-state index contributed by atoms with van der Waals surface area (Å²) >= 11 is 0. The number of carbonyl (C=O) groups is 2. The highest BCUT2D eigenvalue weighted by atomic mass is 16.5. The molecule has 32 heavy (non-hydrogen) atoms. The molecule has 2 aliphatic heterocycles. The molecule has 0 radical (unpaired) electrons. The molecular weight excluding hydrogens is 402 g/mol. The third-order valence-corrected chi connectivity index (χ3v) is 6.50. The second-order valence-electron chi connectivity index (χ2n) is 8.72. The second kappa shape index (κ2) is 8.69. The van der Waals surface area contributed by atoms with E-state index >= 15 is 0 Å². The van der Waals surface area contributed by atoms with Crippen LogP contribution in [0.1, 0.15) is 30.5 Å². The molecule has 0 unspecified atom stereocenters. The molecule has 4 rings (SSSR count). The van der Waals surface area contributed by atoms with Gasteiger partial charge in [-0.3, -0.25) is 14.5 Å². The Labute approximate surface area is 190 Å². The van der Waals surface area contributed by atoms with E-state index in [-0.39, 0.29) is 17.9 Å². The van der Waals surface area contributed by atoms with E-state index < -0.39 is 0 Å². The van der Waals surface area contributed by atoms with Gasteiger partial charge in [0, 0.05) is 37.9 Å². The van der Waals surface area contributed by atoms with Crippen molar-refractivity contribution in [2.75, 3.05) is 38.2 Å². The first-order chi connectivity index (χ1) is 15.3. The summed E-state index contributed by atoms with van der Waals surface area (Å²) in [5.74, 6) is 0.300. The fraction of sp³-hybridized carbons (Fsp3) is 0.385. The SMILES string of the molecule is COc1ccc(C2=C(N3CCN(c4cccc(C)c4C)CC3)C(=O)N(C(C)C)C2=O)cc1. The fourth-order valence-corrected chi connectivity index (χ4v) is 4.56. The average Bonchev–Trinajstić information content (AvgIpc) is 3.06. The summed E-state index contributed by atoms with van der Waals surface area (Å²) in [5, 5.41) is 0. The van der Waals surface area contributed by atoms with Crippen LogP contribution in [0.15, 0.2) is 48.2 Å². The van der Waals surface area contributed by atoms with Gasteiger partial charge in [-0.05, 0) is 62.6 Å². The van der Waals surface area contributed by atoms with Crippen molar-refractivity contribution in [3.05, 3.63) is 64.9 Å². The molecule has 168 valence electrons. The quantitative estimate of drug-likeness (QED) is 0.674. The van der Waals surface area contributed by atoms with Crippen LogP contribution in [-0.2, 0) is 9.59 Å². The number of amides is 2. The number of hydrogen-bond acceptors (Lipinski definition) is 5. The van der Waals surface area contributed by atoms with Crippen LogP contribution in [0.3, 0.4) is 0 Å². The molecule has 2 aromatic carbocycles. The number of rotatable bonds is 5. The summed E-state index contributed by atoms with van der Waals surface area (Å²) in [5.41, 5.74) is 5.57. The Morgan fingerprint density at radius 3 is 2.06 bits per heavy atom. The van der Waals surface area contributed by atoms with Gasteiger partial charge < -0.3 is 14.5 Å². The molecule has 0 aromatic heterocycles. The monoisotopic (exact) mass is 433 g/mol. The molecule has 6 heteroatoms. The zero-order valence-corrected chi connectivity index (χ0v) is 19.5. The van der Waals surface area contributed by atoms with Gasteiger partial charge in [0.05, 0.1) is 12.7 Å². The van der Waals surface area contributed by atoms with Gasteiger partial charge in [-0.25, -0.2) is 0 Å². The van der Waals surface area contributed by atoms with Crippen LogP contribution in [0.4, 0.5) is 5.69 Å². The van der Waals surface area contributed by atoms with Gasteiger partial charge in [-0.2, -0.15) is 0 Å². The highest BCUT2D eigenvalue weighted by Crippen LogP contribution is 2.34. The topological polar surface area (TPSA) is 53.1 Å². The standard InChI is InChI=1S/C26H31N3O3/c1-17(2)29-25(30)23(20-9-11-21(32-5)12-10-20)24(26(29)31)28-15-13-27(14-16-28)22-8-6-7-18(3)19(22)4/h6-12,17H,13-16H2,1-5H3. The maximum atomic E-state index is 13.4. The lowest BCUT2D eigenvalue weighted by molar-refractivity contribution is -0.139. The molecule has 0 aliphatic carbocycles. The van der Waals surface area contributed by atoms with E-state index in [1.807, 2.05) is 38.1 Å². The van der Waals surface area contributed by atoms with Crippen molar-refractivity contribution >= 4 is 23.1 Å². The Hall–Kier alpha value is -3.28. The van der Waals surface area contributed by atoms with Crippen LogP contribution in [0.5, 0.6) is 5.75 Å². The minimum Gasteiger partial charge on any atom is -0.497 e. The summed E-state index contributed by atoms with van der Waals surface area (Å²) in [6.07, 6.45) is 0. The maximum Gasteiger partial charge on any atom is 0.278 e. The van der Waals surface area contributed by atoms with E-state index in [2.05, 4.69) is 41.8 Å². The van der Waals surface area contributed by atoms with E-state index in [1.165, 1.54) is 21.7 Å². The number of anilines is 1. The first-order valence-electron chi connectivity index (χ1n) is 11.2. The van der Waals surface area contributed by atoms with E-state index in [9.17, 15) is 9.59 Å². The lowest BCUT2D eigenvalue weighted by Gasteiger charge is -2.38. The molecular formula is C26H31N3O3. The van der Waals surface area contributed by atoms with Crippen LogP contribution in [-0.4, -0.2) is 60.9 Å². The van der Waals surface area contributed by atoms with Gasteiger partial charge >= 0.3 is 0 Å². The van der Waals surface area contributed by atoms with Crippen molar-refractivity contribution in [2.45, 2.75) is 33.7 Å². The van der Waals surface area contributed by atoms with Crippen LogP contribution >= 0.6 is 0 Å². The Kier molecular flexibility index (Phi) is 5.96. The Balaban J connectivity index is 1.65. The van der Waals surface area contributed by atoms with Crippen molar-refractivity contribution in [1.82, 2.24) is 9.80 Å². The predicted molar refractivity (Wildman–Crippen MR) is 127 cm³/mol. The molecule has 1 fully saturated rings. The molecule has 0 spiro atoms. The summed E-state index contributed by atoms with van der Waals surface area (Å²) in [6.45, 7) is 11.0. The minimum atomic E-state index is -0.220. The Bertz CT molecular complexity index is 1060. The van der Waals surface area contributed by atoms with Crippen molar-refractivity contribution < 1.29 is 14.3 Å². The number of carbonyl (C=O) groups excluding carboxylic acids is 2. The molecule has 2 amide bonds. The number of nitrogens with zero attached hydrogens (tertiary/aromatic N) is 3. The number of hydrogen-bond donors (Lipinski definition) is 0.